The number of allylic oxidation sites excluding steroid dienone is 2. The molecule has 0 spiro atoms. The molecule has 0 aliphatic heterocycles. The molecule has 0 bridgehead atoms. The number of hydrogen-bond acceptors (Lipinski definition) is 1. The predicted octanol–water partition coefficient (Wildman–Crippen LogP) is -0.873. The smallest absolute Gasteiger partial charge is 0.566 e. The minimum atomic E-state index is 0. The van der Waals surface area contributed by atoms with Crippen molar-refractivity contribution in [2.75, 3.05) is 0 Å². The van der Waals surface area contributed by atoms with Gasteiger partial charge < -0.3 is 5.11 Å². The minimum absolute atomic E-state index is 0. The van der Waals surface area contributed by atoms with Crippen molar-refractivity contribution in [1.82, 2.24) is 0 Å². The number of hydrogen-bond donors (Lipinski definition) is 1. The van der Waals surface area contributed by atoms with Crippen molar-refractivity contribution >= 4 is 0 Å². The van der Waals surface area contributed by atoms with Crippen LogP contribution in [-0.2, 0) is 0 Å². The Kier molecular flexibility index (Phi) is 14.5. The Morgan fingerprint density at radius 1 is 1.67 bits per heavy atom. The van der Waals surface area contributed by atoms with Crippen molar-refractivity contribution in [3.05, 3.63) is 18.8 Å². The van der Waals surface area contributed by atoms with Crippen LogP contribution in [0.2, 0.25) is 0 Å². The molecule has 0 heterocycles. The van der Waals surface area contributed by atoms with Gasteiger partial charge in [0.2, 0.25) is 0 Å². The van der Waals surface area contributed by atoms with Gasteiger partial charge in [-0.05, 0) is 6.92 Å². The van der Waals surface area contributed by atoms with Crippen LogP contribution in [0.1, 0.15) is 20.3 Å². The van der Waals surface area contributed by atoms with Crippen molar-refractivity contribution in [2.45, 2.75) is 20.3 Å². The summed E-state index contributed by atoms with van der Waals surface area (Å²) in [5, 5.41) is 8.40. The van der Waals surface area contributed by atoms with Gasteiger partial charge in [0.1, 0.15) is 0 Å². The second-order valence-electron chi connectivity index (χ2n) is 1.93. The Morgan fingerprint density at radius 2 is 2.22 bits per heavy atom. The van der Waals surface area contributed by atoms with E-state index in [0.717, 1.165) is 6.42 Å². The Morgan fingerprint density at radius 3 is 2.56 bits per heavy atom. The molecule has 9 heavy (non-hydrogen) atoms. The molecular formula is C7H13CsO. The zero-order valence-electron chi connectivity index (χ0n) is 6.46. The van der Waals surface area contributed by atoms with E-state index < -0.39 is 0 Å². The first-order valence-corrected chi connectivity index (χ1v) is 2.90. The van der Waals surface area contributed by atoms with Crippen LogP contribution in [0.4, 0.5) is 0 Å². The van der Waals surface area contributed by atoms with E-state index in [2.05, 4.69) is 0 Å². The average molecular weight is 246 g/mol. The van der Waals surface area contributed by atoms with Crippen LogP contribution in [0.5, 0.6) is 0 Å². The predicted molar refractivity (Wildman–Crippen MR) is 34.8 cm³/mol. The molecule has 48 valence electrons. The van der Waals surface area contributed by atoms with Gasteiger partial charge in [-0.25, -0.2) is 6.61 Å². The standard InChI is InChI=1S/C7H13O.Cs/c1-3-4-5-7(2)6-8;/h3-4,6-8H,5H2,1-2H3;/q-1;+1/b4-3+;/t7-;/m1./s1. The summed E-state index contributed by atoms with van der Waals surface area (Å²) in [5.74, 6) is 0.297. The summed E-state index contributed by atoms with van der Waals surface area (Å²) >= 11 is 0. The maximum Gasteiger partial charge on any atom is 1.00 e. The van der Waals surface area contributed by atoms with E-state index in [1.165, 1.54) is 6.61 Å². The van der Waals surface area contributed by atoms with Gasteiger partial charge in [0.25, 0.3) is 0 Å². The number of aliphatic hydroxyl groups is 1. The Labute approximate surface area is 116 Å². The molecule has 0 aliphatic rings. The van der Waals surface area contributed by atoms with Crippen LogP contribution in [0, 0.1) is 12.5 Å². The number of rotatable bonds is 3. The number of aliphatic hydroxyl groups excluding tert-OH is 1. The summed E-state index contributed by atoms with van der Waals surface area (Å²) in [6.07, 6.45) is 4.96. The van der Waals surface area contributed by atoms with E-state index in [4.69, 9.17) is 5.11 Å². The largest absolute Gasteiger partial charge is 1.00 e. The van der Waals surface area contributed by atoms with Crippen LogP contribution >= 0.6 is 0 Å². The van der Waals surface area contributed by atoms with Crippen LogP contribution in [-0.4, -0.2) is 5.11 Å². The van der Waals surface area contributed by atoms with E-state index in [1.807, 2.05) is 26.0 Å². The Hall–Kier alpha value is 1.75. The zero-order valence-corrected chi connectivity index (χ0v) is 12.7. The van der Waals surface area contributed by atoms with Crippen LogP contribution in [0.3, 0.4) is 0 Å². The van der Waals surface area contributed by atoms with Crippen LogP contribution in [0.15, 0.2) is 12.2 Å². The molecule has 0 aromatic rings. The topological polar surface area (TPSA) is 20.2 Å². The molecule has 0 aromatic heterocycles. The van der Waals surface area contributed by atoms with E-state index in [1.54, 1.807) is 0 Å². The zero-order chi connectivity index (χ0) is 6.41. The van der Waals surface area contributed by atoms with Crippen LogP contribution in [0.25, 0.3) is 0 Å². The molecule has 1 N–H and O–H groups in total. The minimum Gasteiger partial charge on any atom is -0.566 e. The first kappa shape index (κ1) is 13.3. The summed E-state index contributed by atoms with van der Waals surface area (Å²) in [6, 6.07) is 0. The van der Waals surface area contributed by atoms with Gasteiger partial charge in [-0.1, -0.05) is 25.5 Å². The fraction of sp³-hybridized carbons (Fsp3) is 0.571. The van der Waals surface area contributed by atoms with Gasteiger partial charge in [0, 0.05) is 0 Å². The van der Waals surface area contributed by atoms with Gasteiger partial charge in [-0.2, -0.15) is 0 Å². The van der Waals surface area contributed by atoms with Crippen molar-refractivity contribution in [2.24, 2.45) is 5.92 Å². The van der Waals surface area contributed by atoms with Crippen LogP contribution < -0.4 is 68.9 Å². The molecule has 0 amide bonds. The van der Waals surface area contributed by atoms with E-state index in [0.29, 0.717) is 5.92 Å². The van der Waals surface area contributed by atoms with Crippen molar-refractivity contribution in [3.8, 4) is 0 Å². The quantitative estimate of drug-likeness (QED) is 0.507. The fourth-order valence-corrected chi connectivity index (χ4v) is 0.412. The molecule has 0 rings (SSSR count). The van der Waals surface area contributed by atoms with Gasteiger partial charge in [0.05, 0.1) is 0 Å². The summed E-state index contributed by atoms with van der Waals surface area (Å²) in [7, 11) is 0. The van der Waals surface area contributed by atoms with Crippen molar-refractivity contribution in [3.63, 3.8) is 0 Å². The van der Waals surface area contributed by atoms with Gasteiger partial charge in [-0.3, -0.25) is 0 Å². The molecule has 0 saturated heterocycles. The van der Waals surface area contributed by atoms with E-state index in [9.17, 15) is 0 Å². The first-order chi connectivity index (χ1) is 3.81. The van der Waals surface area contributed by atoms with Gasteiger partial charge >= 0.3 is 68.9 Å². The summed E-state index contributed by atoms with van der Waals surface area (Å²) in [6.45, 7) is 5.17. The maximum atomic E-state index is 8.40. The van der Waals surface area contributed by atoms with Crippen molar-refractivity contribution < 1.29 is 74.0 Å². The Bertz CT molecular complexity index is 71.3. The third kappa shape index (κ3) is 9.75. The molecule has 0 saturated carbocycles. The molecular weight excluding hydrogens is 233 g/mol. The second-order valence-corrected chi connectivity index (χ2v) is 1.93. The molecule has 0 aromatic carbocycles. The normalized spacial score (nSPS) is 13.2. The third-order valence-corrected chi connectivity index (χ3v) is 0.998. The summed E-state index contributed by atoms with van der Waals surface area (Å²) in [4.78, 5) is 0. The second kappa shape index (κ2) is 9.75. The third-order valence-electron chi connectivity index (χ3n) is 0.998. The van der Waals surface area contributed by atoms with E-state index >= 15 is 0 Å². The average Bonchev–Trinajstić information content (AvgIpc) is 1.83. The monoisotopic (exact) mass is 246 g/mol. The Balaban J connectivity index is 0. The molecule has 2 heteroatoms. The SMILES string of the molecule is C/C=C/C[C@@H](C)[CH-]O.[Cs+]. The summed E-state index contributed by atoms with van der Waals surface area (Å²) in [5.41, 5.74) is 0. The molecule has 0 aliphatic carbocycles. The molecule has 1 nitrogen and oxygen atoms in total. The van der Waals surface area contributed by atoms with E-state index in [-0.39, 0.29) is 68.9 Å². The van der Waals surface area contributed by atoms with Gasteiger partial charge in [-0.15, -0.1) is 5.92 Å². The van der Waals surface area contributed by atoms with Crippen molar-refractivity contribution in [1.29, 1.82) is 0 Å². The molecule has 0 fully saturated rings. The first-order valence-electron chi connectivity index (χ1n) is 2.90. The molecule has 0 radical (unpaired) electrons. The fourth-order valence-electron chi connectivity index (χ4n) is 0.412. The maximum absolute atomic E-state index is 8.40. The molecule has 1 atom stereocenters. The van der Waals surface area contributed by atoms with Gasteiger partial charge in [0.15, 0.2) is 0 Å². The summed E-state index contributed by atoms with van der Waals surface area (Å²) < 4.78 is 0. The molecule has 0 unspecified atom stereocenters.